The molecule has 0 amide bonds. The zero-order chi connectivity index (χ0) is 10.7. The van der Waals surface area contributed by atoms with Crippen LogP contribution in [0.2, 0.25) is 5.02 Å². The summed E-state index contributed by atoms with van der Waals surface area (Å²) in [6.45, 7) is 0. The zero-order valence-corrected chi connectivity index (χ0v) is 9.46. The Balaban J connectivity index is 2.22. The van der Waals surface area contributed by atoms with E-state index in [0.717, 1.165) is 36.3 Å². The Morgan fingerprint density at radius 3 is 2.80 bits per heavy atom. The standard InChI is InChI=1S/C13H15ClO/c14-13-8-4-3-7-12(13)10-5-1-2-6-11(15)9-10/h3-4,7-8,10H,1-2,5-6,9H2. The maximum absolute atomic E-state index is 11.5. The highest BCUT2D eigenvalue weighted by atomic mass is 35.5. The molecule has 0 radical (unpaired) electrons. The predicted octanol–water partition coefficient (Wildman–Crippen LogP) is 3.96. The van der Waals surface area contributed by atoms with E-state index in [1.165, 1.54) is 0 Å². The smallest absolute Gasteiger partial charge is 0.133 e. The molecule has 0 aromatic heterocycles. The summed E-state index contributed by atoms with van der Waals surface area (Å²) in [5.74, 6) is 0.728. The Kier molecular flexibility index (Phi) is 3.42. The lowest BCUT2D eigenvalue weighted by Crippen LogP contribution is -2.04. The molecular formula is C13H15ClO. The molecule has 0 saturated heterocycles. The van der Waals surface area contributed by atoms with Crippen molar-refractivity contribution in [1.82, 2.24) is 0 Å². The van der Waals surface area contributed by atoms with E-state index < -0.39 is 0 Å². The number of rotatable bonds is 1. The second-order valence-electron chi connectivity index (χ2n) is 4.21. The number of Topliss-reactive ketones (excluding diaryl/α,β-unsaturated/α-hetero) is 1. The summed E-state index contributed by atoms with van der Waals surface area (Å²) in [6, 6.07) is 7.89. The van der Waals surface area contributed by atoms with Gasteiger partial charge in [-0.2, -0.15) is 0 Å². The van der Waals surface area contributed by atoms with Gasteiger partial charge in [0, 0.05) is 17.9 Å². The van der Waals surface area contributed by atoms with Crippen LogP contribution in [-0.2, 0) is 4.79 Å². The van der Waals surface area contributed by atoms with Gasteiger partial charge >= 0.3 is 0 Å². The molecule has 0 heterocycles. The predicted molar refractivity (Wildman–Crippen MR) is 62.3 cm³/mol. The molecule has 15 heavy (non-hydrogen) atoms. The number of hydrogen-bond acceptors (Lipinski definition) is 1. The van der Waals surface area contributed by atoms with Crippen LogP contribution in [0.4, 0.5) is 0 Å². The topological polar surface area (TPSA) is 17.1 Å². The molecule has 2 rings (SSSR count). The SMILES string of the molecule is O=C1CCCCC(c2ccccc2Cl)C1. The van der Waals surface area contributed by atoms with Gasteiger partial charge in [-0.3, -0.25) is 4.79 Å². The average Bonchev–Trinajstić information content (AvgIpc) is 2.43. The number of hydrogen-bond donors (Lipinski definition) is 0. The van der Waals surface area contributed by atoms with Gasteiger partial charge in [0.1, 0.15) is 5.78 Å². The molecule has 1 aromatic rings. The normalized spacial score (nSPS) is 22.5. The summed E-state index contributed by atoms with van der Waals surface area (Å²) in [5, 5.41) is 0.803. The minimum absolute atomic E-state index is 0.341. The van der Waals surface area contributed by atoms with Crippen molar-refractivity contribution in [2.45, 2.75) is 38.0 Å². The lowest BCUT2D eigenvalue weighted by atomic mass is 9.91. The molecule has 1 saturated carbocycles. The Morgan fingerprint density at radius 2 is 2.00 bits per heavy atom. The number of halogens is 1. The van der Waals surface area contributed by atoms with Gasteiger partial charge in [-0.05, 0) is 30.4 Å². The molecule has 1 fully saturated rings. The molecule has 1 aromatic carbocycles. The first-order valence-electron chi connectivity index (χ1n) is 5.53. The monoisotopic (exact) mass is 222 g/mol. The molecule has 1 unspecified atom stereocenters. The van der Waals surface area contributed by atoms with Crippen molar-refractivity contribution >= 4 is 17.4 Å². The van der Waals surface area contributed by atoms with Gasteiger partial charge in [0.05, 0.1) is 0 Å². The molecule has 2 heteroatoms. The molecule has 1 aliphatic rings. The third-order valence-electron chi connectivity index (χ3n) is 3.08. The average molecular weight is 223 g/mol. The molecule has 0 bridgehead atoms. The number of carbonyl (C=O) groups excluding carboxylic acids is 1. The van der Waals surface area contributed by atoms with Crippen LogP contribution in [0.5, 0.6) is 0 Å². The van der Waals surface area contributed by atoms with Crippen molar-refractivity contribution in [3.8, 4) is 0 Å². The minimum Gasteiger partial charge on any atom is -0.300 e. The highest BCUT2D eigenvalue weighted by Gasteiger charge is 2.20. The van der Waals surface area contributed by atoms with Crippen molar-refractivity contribution in [3.63, 3.8) is 0 Å². The fraction of sp³-hybridized carbons (Fsp3) is 0.462. The van der Waals surface area contributed by atoms with Crippen molar-refractivity contribution in [3.05, 3.63) is 34.9 Å². The first-order chi connectivity index (χ1) is 7.27. The van der Waals surface area contributed by atoms with Gasteiger partial charge in [0.25, 0.3) is 0 Å². The van der Waals surface area contributed by atoms with Crippen LogP contribution in [0.3, 0.4) is 0 Å². The molecule has 0 aliphatic heterocycles. The maximum atomic E-state index is 11.5. The third kappa shape index (κ3) is 2.60. The van der Waals surface area contributed by atoms with Crippen LogP contribution in [0.1, 0.15) is 43.6 Å². The molecule has 0 N–H and O–H groups in total. The van der Waals surface area contributed by atoms with E-state index in [9.17, 15) is 4.79 Å². The van der Waals surface area contributed by atoms with Crippen molar-refractivity contribution < 1.29 is 4.79 Å². The first kappa shape index (κ1) is 10.7. The molecule has 80 valence electrons. The van der Waals surface area contributed by atoms with E-state index in [1.807, 2.05) is 24.3 Å². The van der Waals surface area contributed by atoms with Gasteiger partial charge in [-0.1, -0.05) is 36.2 Å². The van der Waals surface area contributed by atoms with E-state index >= 15 is 0 Å². The van der Waals surface area contributed by atoms with Crippen LogP contribution >= 0.6 is 11.6 Å². The molecule has 0 spiro atoms. The van der Waals surface area contributed by atoms with Gasteiger partial charge in [0.15, 0.2) is 0 Å². The lowest BCUT2D eigenvalue weighted by molar-refractivity contribution is -0.119. The van der Waals surface area contributed by atoms with Gasteiger partial charge < -0.3 is 0 Å². The molecule has 1 aliphatic carbocycles. The minimum atomic E-state index is 0.341. The Hall–Kier alpha value is -0.820. The Bertz CT molecular complexity index is 359. The fourth-order valence-corrected chi connectivity index (χ4v) is 2.55. The first-order valence-corrected chi connectivity index (χ1v) is 5.91. The van der Waals surface area contributed by atoms with Crippen LogP contribution in [-0.4, -0.2) is 5.78 Å². The van der Waals surface area contributed by atoms with E-state index in [0.29, 0.717) is 18.1 Å². The van der Waals surface area contributed by atoms with Crippen molar-refractivity contribution in [1.29, 1.82) is 0 Å². The van der Waals surface area contributed by atoms with E-state index in [-0.39, 0.29) is 0 Å². The van der Waals surface area contributed by atoms with Crippen LogP contribution in [0.25, 0.3) is 0 Å². The Labute approximate surface area is 95.4 Å². The van der Waals surface area contributed by atoms with Crippen LogP contribution in [0.15, 0.2) is 24.3 Å². The zero-order valence-electron chi connectivity index (χ0n) is 8.71. The molecular weight excluding hydrogens is 208 g/mol. The summed E-state index contributed by atoms with van der Waals surface area (Å²) in [6.07, 6.45) is 4.70. The largest absolute Gasteiger partial charge is 0.300 e. The fourth-order valence-electron chi connectivity index (χ4n) is 2.26. The van der Waals surface area contributed by atoms with Crippen molar-refractivity contribution in [2.24, 2.45) is 0 Å². The third-order valence-corrected chi connectivity index (χ3v) is 3.42. The number of carbonyl (C=O) groups is 1. The summed E-state index contributed by atoms with van der Waals surface area (Å²) in [7, 11) is 0. The van der Waals surface area contributed by atoms with Crippen LogP contribution < -0.4 is 0 Å². The highest BCUT2D eigenvalue weighted by Crippen LogP contribution is 2.33. The second-order valence-corrected chi connectivity index (χ2v) is 4.61. The summed E-state index contributed by atoms with van der Waals surface area (Å²) in [5.41, 5.74) is 1.15. The van der Waals surface area contributed by atoms with E-state index in [2.05, 4.69) is 0 Å². The second kappa shape index (κ2) is 4.80. The number of benzene rings is 1. The summed E-state index contributed by atoms with van der Waals surface area (Å²) >= 11 is 6.15. The van der Waals surface area contributed by atoms with Gasteiger partial charge in [-0.25, -0.2) is 0 Å². The number of ketones is 1. The summed E-state index contributed by atoms with van der Waals surface area (Å²) in [4.78, 5) is 11.5. The quantitative estimate of drug-likeness (QED) is 0.658. The van der Waals surface area contributed by atoms with Crippen molar-refractivity contribution in [2.75, 3.05) is 0 Å². The molecule has 1 nitrogen and oxygen atoms in total. The lowest BCUT2D eigenvalue weighted by Gasteiger charge is -2.14. The highest BCUT2D eigenvalue weighted by molar-refractivity contribution is 6.31. The summed E-state index contributed by atoms with van der Waals surface area (Å²) < 4.78 is 0. The van der Waals surface area contributed by atoms with Gasteiger partial charge in [-0.15, -0.1) is 0 Å². The molecule has 1 atom stereocenters. The maximum Gasteiger partial charge on any atom is 0.133 e. The van der Waals surface area contributed by atoms with E-state index in [1.54, 1.807) is 0 Å². The van der Waals surface area contributed by atoms with Gasteiger partial charge in [0.2, 0.25) is 0 Å². The Morgan fingerprint density at radius 1 is 1.20 bits per heavy atom. The van der Waals surface area contributed by atoms with Crippen LogP contribution in [0, 0.1) is 0 Å². The van der Waals surface area contributed by atoms with E-state index in [4.69, 9.17) is 11.6 Å².